The van der Waals surface area contributed by atoms with Crippen LogP contribution in [0.1, 0.15) is 59.3 Å². The van der Waals surface area contributed by atoms with Crippen LogP contribution in [0.25, 0.3) is 21.5 Å². The van der Waals surface area contributed by atoms with E-state index in [9.17, 15) is 25.2 Å². The molecule has 6 heterocycles. The Morgan fingerprint density at radius 3 is 1.44 bits per heavy atom. The van der Waals surface area contributed by atoms with Gasteiger partial charge in [0, 0.05) is 112 Å². The summed E-state index contributed by atoms with van der Waals surface area (Å²) in [6.45, 7) is 6.60. The molecular formula is C68H73ClN12O8. The van der Waals surface area contributed by atoms with Gasteiger partial charge in [-0.3, -0.25) is 0 Å². The molecule has 89 heavy (non-hydrogen) atoms. The van der Waals surface area contributed by atoms with Gasteiger partial charge in [0.1, 0.15) is 24.8 Å². The maximum atomic E-state index is 13.1. The minimum Gasteiger partial charge on any atom is -0.463 e. The van der Waals surface area contributed by atoms with Crippen molar-refractivity contribution < 1.29 is 39.1 Å². The van der Waals surface area contributed by atoms with Crippen LogP contribution in [0.2, 0.25) is 5.28 Å². The maximum absolute atomic E-state index is 13.1. The molecule has 0 saturated carbocycles. The first-order valence-corrected chi connectivity index (χ1v) is 30.6. The van der Waals surface area contributed by atoms with Crippen LogP contribution >= 0.6 is 11.6 Å². The van der Waals surface area contributed by atoms with Crippen LogP contribution in [0.4, 0.5) is 32.6 Å². The lowest BCUT2D eigenvalue weighted by Gasteiger charge is -2.42. The first-order valence-electron chi connectivity index (χ1n) is 30.2. The molecule has 4 aliphatic rings. The highest BCUT2D eigenvalue weighted by Crippen LogP contribution is 2.37. The van der Waals surface area contributed by atoms with Gasteiger partial charge in [-0.05, 0) is 64.9 Å². The number of hydrogen-bond donors (Lipinski definition) is 3. The number of benzene rings is 6. The Kier molecular flexibility index (Phi) is 21.9. The first-order chi connectivity index (χ1) is 43.7. The minimum absolute atomic E-state index is 0.0187. The zero-order chi connectivity index (χ0) is 61.9. The minimum atomic E-state index is -0.419. The number of aliphatic hydroxyl groups is 3. The summed E-state index contributed by atoms with van der Waals surface area (Å²) >= 11 is 6.46. The van der Waals surface area contributed by atoms with Gasteiger partial charge in [0.05, 0.1) is 68.1 Å². The van der Waals surface area contributed by atoms with Crippen molar-refractivity contribution in [3.8, 4) is 18.1 Å². The van der Waals surface area contributed by atoms with Crippen molar-refractivity contribution in [3.63, 3.8) is 0 Å². The molecule has 0 radical (unpaired) electrons. The molecule has 2 saturated heterocycles. The number of fused-ring (bicyclic) bond motifs is 4. The summed E-state index contributed by atoms with van der Waals surface area (Å²) < 4.78 is 17.1. The number of carbonyl (C=O) groups is 2. The number of hydrogen-bond acceptors (Lipinski definition) is 18. The van der Waals surface area contributed by atoms with Gasteiger partial charge in [0.15, 0.2) is 0 Å². The van der Waals surface area contributed by atoms with Crippen molar-refractivity contribution in [2.75, 3.05) is 98.4 Å². The van der Waals surface area contributed by atoms with E-state index in [1.54, 1.807) is 9.80 Å². The standard InChI is InChI=1S/C34H36N6O4.C31H29ClN6O2.C3H8O2/c35-16-14-27-22-39(18-19-40(27)34(42)44-24-25-8-2-1-3-9-25)32-29-15-17-38(23-30(29)36-33(37-32)43-21-7-20-41)31-13-6-11-26-10-4-5-12-28(26)31;32-30-34-27-20-36(28-12-6-10-23-9-4-5-11-25(23)28)16-14-26(27)29(35-30)37-17-18-38(24(19-37)13-15-33)31(39)40-21-22-7-2-1-3-8-22;4-2-1-3-5/h1-6,8-13,27,41H,7,14-15,17-24H2;1-12,24H,13-14,16-21H2;4-5H,1-3H2. The largest absolute Gasteiger partial charge is 0.463 e. The van der Waals surface area contributed by atoms with Crippen LogP contribution in [0, 0.1) is 22.7 Å². The molecule has 0 aliphatic carbocycles. The molecule has 2 amide bonds. The average Bonchev–Trinajstić information content (AvgIpc) is 0.899. The number of aromatic nitrogens is 4. The lowest BCUT2D eigenvalue weighted by molar-refractivity contribution is 0.0761. The molecule has 460 valence electrons. The first kappa shape index (κ1) is 62.7. The monoisotopic (exact) mass is 1220 g/mol. The van der Waals surface area contributed by atoms with E-state index in [-0.39, 0.29) is 69.3 Å². The third kappa shape index (κ3) is 15.7. The topological polar surface area (TPSA) is 241 Å². The molecular weight excluding hydrogens is 1150 g/mol. The molecule has 8 aromatic rings. The zero-order valence-corrected chi connectivity index (χ0v) is 50.5. The number of piperazine rings is 2. The van der Waals surface area contributed by atoms with Gasteiger partial charge in [-0.25, -0.2) is 19.6 Å². The van der Waals surface area contributed by atoms with Gasteiger partial charge in [0.2, 0.25) is 5.28 Å². The van der Waals surface area contributed by atoms with Gasteiger partial charge in [-0.1, -0.05) is 133 Å². The lowest BCUT2D eigenvalue weighted by Crippen LogP contribution is -2.55. The number of amides is 2. The van der Waals surface area contributed by atoms with E-state index in [1.807, 2.05) is 60.7 Å². The van der Waals surface area contributed by atoms with E-state index in [1.165, 1.54) is 27.2 Å². The van der Waals surface area contributed by atoms with E-state index < -0.39 is 12.2 Å². The van der Waals surface area contributed by atoms with Crippen molar-refractivity contribution in [1.29, 1.82) is 10.5 Å². The average molecular weight is 1220 g/mol. The smallest absolute Gasteiger partial charge is 0.410 e. The van der Waals surface area contributed by atoms with Crippen LogP contribution in [0.15, 0.2) is 146 Å². The summed E-state index contributed by atoms with van der Waals surface area (Å²) in [5.41, 5.74) is 8.13. The second-order valence-electron chi connectivity index (χ2n) is 22.0. The van der Waals surface area contributed by atoms with Gasteiger partial charge in [-0.2, -0.15) is 20.5 Å². The van der Waals surface area contributed by atoms with Gasteiger partial charge in [0.25, 0.3) is 0 Å². The zero-order valence-electron chi connectivity index (χ0n) is 49.7. The molecule has 4 aliphatic heterocycles. The van der Waals surface area contributed by atoms with Crippen molar-refractivity contribution in [3.05, 3.63) is 185 Å². The van der Waals surface area contributed by atoms with Crippen molar-refractivity contribution >= 4 is 68.3 Å². The SMILES string of the molecule is N#CCC1CN(c2nc(Cl)nc3c2CCN(c2cccc4ccccc24)C3)CCN1C(=O)OCc1ccccc1.N#CCC1CN(c2nc(OCCCO)nc3c2CCN(c2cccc4ccccc24)C3)CCN1C(=O)OCc1ccccc1.OCCCO. The molecule has 12 rings (SSSR count). The molecule has 0 spiro atoms. The van der Waals surface area contributed by atoms with E-state index in [2.05, 4.69) is 127 Å². The highest BCUT2D eigenvalue weighted by molar-refractivity contribution is 6.28. The Hall–Kier alpha value is -9.31. The number of anilines is 4. The number of nitriles is 2. The van der Waals surface area contributed by atoms with Gasteiger partial charge >= 0.3 is 18.2 Å². The van der Waals surface area contributed by atoms with E-state index in [0.717, 1.165) is 76.9 Å². The van der Waals surface area contributed by atoms with Gasteiger partial charge < -0.3 is 58.9 Å². The molecule has 2 unspecified atom stereocenters. The number of ether oxygens (including phenoxy) is 3. The quantitative estimate of drug-likeness (QED) is 0.0602. The molecule has 2 aromatic heterocycles. The summed E-state index contributed by atoms with van der Waals surface area (Å²) in [4.78, 5) is 57.3. The number of carbonyl (C=O) groups excluding carboxylic acids is 2. The summed E-state index contributed by atoms with van der Waals surface area (Å²) in [6, 6.07) is 52.8. The van der Waals surface area contributed by atoms with Crippen LogP contribution in [0.5, 0.6) is 6.01 Å². The molecule has 3 N–H and O–H groups in total. The fraction of sp³-hybridized carbons (Fsp3) is 0.353. The molecule has 0 bridgehead atoms. The predicted molar refractivity (Wildman–Crippen MR) is 342 cm³/mol. The summed E-state index contributed by atoms with van der Waals surface area (Å²) in [5, 5.41) is 49.3. The fourth-order valence-electron chi connectivity index (χ4n) is 11.8. The Morgan fingerprint density at radius 2 is 0.966 bits per heavy atom. The van der Waals surface area contributed by atoms with Crippen molar-refractivity contribution in [2.24, 2.45) is 0 Å². The number of aliphatic hydroxyl groups excluding tert-OH is 3. The third-order valence-corrected chi connectivity index (χ3v) is 16.4. The summed E-state index contributed by atoms with van der Waals surface area (Å²) in [5.74, 6) is 1.58. The highest BCUT2D eigenvalue weighted by Gasteiger charge is 2.37. The lowest BCUT2D eigenvalue weighted by atomic mass is 10.0. The van der Waals surface area contributed by atoms with Crippen molar-refractivity contribution in [2.45, 2.75) is 76.9 Å². The molecule has 6 aromatic carbocycles. The van der Waals surface area contributed by atoms with Gasteiger partial charge in [-0.15, -0.1) is 0 Å². The number of rotatable bonds is 16. The third-order valence-electron chi connectivity index (χ3n) is 16.2. The second kappa shape index (κ2) is 31.0. The van der Waals surface area contributed by atoms with Crippen molar-refractivity contribution in [1.82, 2.24) is 29.7 Å². The van der Waals surface area contributed by atoms with Crippen LogP contribution in [-0.4, -0.2) is 148 Å². The number of nitrogens with zero attached hydrogens (tertiary/aromatic N) is 12. The van der Waals surface area contributed by atoms with Crippen LogP contribution in [-0.2, 0) is 48.6 Å². The van der Waals surface area contributed by atoms with E-state index in [0.29, 0.717) is 71.8 Å². The van der Waals surface area contributed by atoms with E-state index in [4.69, 9.17) is 46.0 Å². The molecule has 20 nitrogen and oxygen atoms in total. The summed E-state index contributed by atoms with van der Waals surface area (Å²) in [7, 11) is 0. The number of halogens is 1. The molecule has 21 heteroatoms. The van der Waals surface area contributed by atoms with E-state index >= 15 is 0 Å². The van der Waals surface area contributed by atoms with Crippen LogP contribution < -0.4 is 24.3 Å². The second-order valence-corrected chi connectivity index (χ2v) is 22.3. The normalized spacial score (nSPS) is 16.2. The summed E-state index contributed by atoms with van der Waals surface area (Å²) in [6.07, 6.45) is 2.05. The Balaban J connectivity index is 0.000000183. The van der Waals surface area contributed by atoms with Crippen LogP contribution in [0.3, 0.4) is 0 Å². The predicted octanol–water partition coefficient (Wildman–Crippen LogP) is 9.64. The molecule has 2 fully saturated rings. The maximum Gasteiger partial charge on any atom is 0.410 e. The Labute approximate surface area is 523 Å². The Morgan fingerprint density at radius 1 is 0.517 bits per heavy atom. The highest BCUT2D eigenvalue weighted by atomic mass is 35.5. The fourth-order valence-corrected chi connectivity index (χ4v) is 12.0. The Bertz CT molecular complexity index is 3750. The molecule has 2 atom stereocenters.